The molecule has 0 atom stereocenters. The summed E-state index contributed by atoms with van der Waals surface area (Å²) in [6.45, 7) is 1.91. The summed E-state index contributed by atoms with van der Waals surface area (Å²) in [6.07, 6.45) is 1.11. The molecular weight excluding hydrogens is 386 g/mol. The van der Waals surface area contributed by atoms with Crippen LogP contribution in [0.25, 0.3) is 11.1 Å². The Bertz CT molecular complexity index is 1040. The highest BCUT2D eigenvalue weighted by molar-refractivity contribution is 5.91. The molecule has 7 heteroatoms. The van der Waals surface area contributed by atoms with E-state index in [0.717, 1.165) is 17.5 Å². The van der Waals surface area contributed by atoms with Gasteiger partial charge in [0, 0.05) is 18.6 Å². The fourth-order valence-electron chi connectivity index (χ4n) is 2.70. The first-order valence-corrected chi connectivity index (χ1v) is 9.34. The number of carbonyl (C=O) groups is 2. The second-order valence-corrected chi connectivity index (χ2v) is 6.47. The number of nitrogens with zero attached hydrogens (tertiary/aromatic N) is 1. The minimum Gasteiger partial charge on any atom is -0.427 e. The SMILES string of the molecule is CCCC(=O)Oc1ccc(-c2ccc(C(=O)Oc3ccc([N+](=O)[O-])cc3)cc2)cc1. The third kappa shape index (κ3) is 5.29. The molecule has 152 valence electrons. The molecule has 3 rings (SSSR count). The van der Waals surface area contributed by atoms with Crippen LogP contribution >= 0.6 is 0 Å². The molecule has 0 aliphatic heterocycles. The van der Waals surface area contributed by atoms with Gasteiger partial charge in [0.1, 0.15) is 11.5 Å². The third-order valence-corrected chi connectivity index (χ3v) is 4.25. The van der Waals surface area contributed by atoms with Gasteiger partial charge < -0.3 is 9.47 Å². The predicted octanol–water partition coefficient (Wildman–Crippen LogP) is 5.19. The van der Waals surface area contributed by atoms with E-state index in [4.69, 9.17) is 9.47 Å². The van der Waals surface area contributed by atoms with Crippen LogP contribution in [0, 0.1) is 10.1 Å². The topological polar surface area (TPSA) is 95.7 Å². The molecule has 0 radical (unpaired) electrons. The summed E-state index contributed by atoms with van der Waals surface area (Å²) in [5.74, 6) is -0.113. The first-order chi connectivity index (χ1) is 14.5. The molecule has 0 spiro atoms. The smallest absolute Gasteiger partial charge is 0.343 e. The molecule has 3 aromatic carbocycles. The minimum atomic E-state index is -0.561. The molecule has 30 heavy (non-hydrogen) atoms. The number of non-ortho nitro benzene ring substituents is 1. The van der Waals surface area contributed by atoms with Crippen LogP contribution in [0.15, 0.2) is 72.8 Å². The van der Waals surface area contributed by atoms with Gasteiger partial charge in [-0.3, -0.25) is 14.9 Å². The molecule has 0 saturated heterocycles. The second-order valence-electron chi connectivity index (χ2n) is 6.47. The fraction of sp³-hybridized carbons (Fsp3) is 0.130. The maximum Gasteiger partial charge on any atom is 0.343 e. The van der Waals surface area contributed by atoms with Crippen molar-refractivity contribution in [2.24, 2.45) is 0 Å². The van der Waals surface area contributed by atoms with Gasteiger partial charge >= 0.3 is 11.9 Å². The fourth-order valence-corrected chi connectivity index (χ4v) is 2.70. The lowest BCUT2D eigenvalue weighted by molar-refractivity contribution is -0.384. The molecule has 0 aromatic heterocycles. The second kappa shape index (κ2) is 9.47. The van der Waals surface area contributed by atoms with Crippen molar-refractivity contribution in [1.29, 1.82) is 0 Å². The number of rotatable bonds is 7. The predicted molar refractivity (Wildman–Crippen MR) is 110 cm³/mol. The van der Waals surface area contributed by atoms with Crippen molar-refractivity contribution < 1.29 is 24.0 Å². The van der Waals surface area contributed by atoms with Gasteiger partial charge in [-0.15, -0.1) is 0 Å². The van der Waals surface area contributed by atoms with Gasteiger partial charge in [0.15, 0.2) is 0 Å². The third-order valence-electron chi connectivity index (χ3n) is 4.25. The summed E-state index contributed by atoms with van der Waals surface area (Å²) >= 11 is 0. The van der Waals surface area contributed by atoms with Crippen LogP contribution < -0.4 is 9.47 Å². The Labute approximate surface area is 173 Å². The van der Waals surface area contributed by atoms with Crippen LogP contribution in [-0.2, 0) is 4.79 Å². The number of carbonyl (C=O) groups excluding carboxylic acids is 2. The number of benzene rings is 3. The van der Waals surface area contributed by atoms with Gasteiger partial charge in [-0.05, 0) is 53.9 Å². The Hall–Kier alpha value is -4.00. The summed E-state index contributed by atoms with van der Waals surface area (Å²) in [6, 6.07) is 19.2. The van der Waals surface area contributed by atoms with E-state index in [0.29, 0.717) is 17.7 Å². The zero-order valence-corrected chi connectivity index (χ0v) is 16.2. The summed E-state index contributed by atoms with van der Waals surface area (Å²) in [5.41, 5.74) is 2.06. The summed E-state index contributed by atoms with van der Waals surface area (Å²) in [4.78, 5) is 34.0. The van der Waals surface area contributed by atoms with Gasteiger partial charge in [0.25, 0.3) is 5.69 Å². The van der Waals surface area contributed by atoms with Crippen molar-refractivity contribution in [2.45, 2.75) is 19.8 Å². The lowest BCUT2D eigenvalue weighted by Crippen LogP contribution is -2.08. The average Bonchev–Trinajstić information content (AvgIpc) is 2.75. The van der Waals surface area contributed by atoms with Crippen molar-refractivity contribution in [3.8, 4) is 22.6 Å². The Balaban J connectivity index is 1.64. The summed E-state index contributed by atoms with van der Waals surface area (Å²) < 4.78 is 10.5. The van der Waals surface area contributed by atoms with E-state index in [9.17, 15) is 19.7 Å². The molecule has 7 nitrogen and oxygen atoms in total. The first kappa shape index (κ1) is 20.7. The molecule has 0 aliphatic carbocycles. The highest BCUT2D eigenvalue weighted by atomic mass is 16.6. The number of nitro groups is 1. The van der Waals surface area contributed by atoms with Gasteiger partial charge in [-0.25, -0.2) is 4.79 Å². The minimum absolute atomic E-state index is 0.0784. The van der Waals surface area contributed by atoms with E-state index in [1.807, 2.05) is 19.1 Å². The van der Waals surface area contributed by atoms with Crippen molar-refractivity contribution in [1.82, 2.24) is 0 Å². The quantitative estimate of drug-likeness (QED) is 0.232. The molecule has 0 saturated carbocycles. The van der Waals surface area contributed by atoms with Gasteiger partial charge in [-0.1, -0.05) is 31.2 Å². The van der Waals surface area contributed by atoms with E-state index in [-0.39, 0.29) is 17.4 Å². The Kier molecular flexibility index (Phi) is 6.54. The Morgan fingerprint density at radius 1 is 0.800 bits per heavy atom. The molecule has 0 heterocycles. The standard InChI is InChI=1S/C23H19NO6/c1-2-3-22(25)29-20-12-8-17(9-13-20)16-4-6-18(7-5-16)23(26)30-21-14-10-19(11-15-21)24(27)28/h4-15H,2-3H2,1H3. The zero-order chi connectivity index (χ0) is 21.5. The van der Waals surface area contributed by atoms with Crippen LogP contribution in [0.2, 0.25) is 0 Å². The number of esters is 2. The van der Waals surface area contributed by atoms with Crippen molar-refractivity contribution >= 4 is 17.6 Å². The highest BCUT2D eigenvalue weighted by Crippen LogP contribution is 2.24. The van der Waals surface area contributed by atoms with Crippen LogP contribution in [-0.4, -0.2) is 16.9 Å². The Morgan fingerprint density at radius 2 is 1.30 bits per heavy atom. The van der Waals surface area contributed by atoms with E-state index >= 15 is 0 Å². The maximum atomic E-state index is 12.3. The van der Waals surface area contributed by atoms with Gasteiger partial charge in [0.05, 0.1) is 10.5 Å². The van der Waals surface area contributed by atoms with Crippen molar-refractivity contribution in [3.63, 3.8) is 0 Å². The van der Waals surface area contributed by atoms with Crippen LogP contribution in [0.3, 0.4) is 0 Å². The molecule has 0 bridgehead atoms. The van der Waals surface area contributed by atoms with E-state index in [2.05, 4.69) is 0 Å². The largest absolute Gasteiger partial charge is 0.427 e. The summed E-state index contributed by atoms with van der Waals surface area (Å²) in [7, 11) is 0. The molecule has 0 unspecified atom stereocenters. The summed E-state index contributed by atoms with van der Waals surface area (Å²) in [5, 5.41) is 10.7. The lowest BCUT2D eigenvalue weighted by atomic mass is 10.0. The number of hydrogen-bond donors (Lipinski definition) is 0. The van der Waals surface area contributed by atoms with E-state index in [1.54, 1.807) is 36.4 Å². The van der Waals surface area contributed by atoms with E-state index in [1.165, 1.54) is 24.3 Å². The zero-order valence-electron chi connectivity index (χ0n) is 16.2. The monoisotopic (exact) mass is 405 g/mol. The lowest BCUT2D eigenvalue weighted by Gasteiger charge is -2.07. The number of hydrogen-bond acceptors (Lipinski definition) is 6. The maximum absolute atomic E-state index is 12.3. The number of nitro benzene ring substituents is 1. The van der Waals surface area contributed by atoms with Crippen LogP contribution in [0.5, 0.6) is 11.5 Å². The average molecular weight is 405 g/mol. The normalized spacial score (nSPS) is 10.3. The highest BCUT2D eigenvalue weighted by Gasteiger charge is 2.11. The molecule has 0 N–H and O–H groups in total. The van der Waals surface area contributed by atoms with Crippen LogP contribution in [0.4, 0.5) is 5.69 Å². The molecular formula is C23H19NO6. The molecule has 0 aliphatic rings. The first-order valence-electron chi connectivity index (χ1n) is 9.34. The number of ether oxygens (including phenoxy) is 2. The van der Waals surface area contributed by atoms with Gasteiger partial charge in [0.2, 0.25) is 0 Å². The van der Waals surface area contributed by atoms with Crippen LogP contribution in [0.1, 0.15) is 30.1 Å². The van der Waals surface area contributed by atoms with E-state index < -0.39 is 10.9 Å². The van der Waals surface area contributed by atoms with Crippen molar-refractivity contribution in [3.05, 3.63) is 88.5 Å². The molecule has 0 amide bonds. The Morgan fingerprint density at radius 3 is 1.83 bits per heavy atom. The van der Waals surface area contributed by atoms with Gasteiger partial charge in [-0.2, -0.15) is 0 Å². The molecule has 3 aromatic rings. The van der Waals surface area contributed by atoms with Crippen molar-refractivity contribution in [2.75, 3.05) is 0 Å². The molecule has 0 fully saturated rings.